The lowest BCUT2D eigenvalue weighted by atomic mass is 10.2. The number of hydrogen-bond acceptors (Lipinski definition) is 3. The molecule has 14 heavy (non-hydrogen) atoms. The smallest absolute Gasteiger partial charge is 0.219 e. The Labute approximate surface area is 85.2 Å². The summed E-state index contributed by atoms with van der Waals surface area (Å²) in [4.78, 5) is 2.03. The third-order valence-electron chi connectivity index (χ3n) is 2.18. The van der Waals surface area contributed by atoms with E-state index in [-0.39, 0.29) is 6.10 Å². The average molecular weight is 205 g/mol. The highest BCUT2D eigenvalue weighted by Crippen LogP contribution is 2.18. The highest BCUT2D eigenvalue weighted by atomic mass is 19.2. The molecule has 1 rings (SSSR count). The third-order valence-corrected chi connectivity index (χ3v) is 2.18. The van der Waals surface area contributed by atoms with Gasteiger partial charge in [0.25, 0.3) is 0 Å². The maximum Gasteiger partial charge on any atom is 0.219 e. The number of rotatable bonds is 4. The standard InChI is InChI=1S/C10H20FNO2/c1-9(2)13-6-4-12-5-7-14-10(3,11)8-12/h9H,4-8H2,1-3H3. The number of alkyl halides is 1. The van der Waals surface area contributed by atoms with Crippen molar-refractivity contribution in [1.29, 1.82) is 0 Å². The van der Waals surface area contributed by atoms with E-state index in [0.29, 0.717) is 19.8 Å². The van der Waals surface area contributed by atoms with Crippen LogP contribution in [0.15, 0.2) is 0 Å². The quantitative estimate of drug-likeness (QED) is 0.693. The molecule has 0 amide bonds. The first kappa shape index (κ1) is 11.9. The van der Waals surface area contributed by atoms with E-state index in [4.69, 9.17) is 9.47 Å². The van der Waals surface area contributed by atoms with Crippen molar-refractivity contribution in [3.8, 4) is 0 Å². The molecule has 84 valence electrons. The van der Waals surface area contributed by atoms with E-state index in [0.717, 1.165) is 13.1 Å². The third kappa shape index (κ3) is 4.35. The first-order valence-electron chi connectivity index (χ1n) is 5.16. The van der Waals surface area contributed by atoms with E-state index in [9.17, 15) is 4.39 Å². The van der Waals surface area contributed by atoms with Gasteiger partial charge in [-0.25, -0.2) is 4.39 Å². The summed E-state index contributed by atoms with van der Waals surface area (Å²) >= 11 is 0. The summed E-state index contributed by atoms with van der Waals surface area (Å²) in [6.07, 6.45) is 0.243. The van der Waals surface area contributed by atoms with Gasteiger partial charge in [-0.1, -0.05) is 0 Å². The van der Waals surface area contributed by atoms with E-state index >= 15 is 0 Å². The van der Waals surface area contributed by atoms with Crippen molar-refractivity contribution in [3.63, 3.8) is 0 Å². The molecule has 0 spiro atoms. The maximum absolute atomic E-state index is 13.4. The normalized spacial score (nSPS) is 29.8. The highest BCUT2D eigenvalue weighted by molar-refractivity contribution is 4.73. The lowest BCUT2D eigenvalue weighted by Crippen LogP contribution is -2.48. The molecule has 1 aliphatic rings. The fraction of sp³-hybridized carbons (Fsp3) is 1.00. The van der Waals surface area contributed by atoms with E-state index in [2.05, 4.69) is 0 Å². The second-order valence-corrected chi connectivity index (χ2v) is 4.15. The first-order chi connectivity index (χ1) is 6.49. The van der Waals surface area contributed by atoms with Crippen LogP contribution >= 0.6 is 0 Å². The van der Waals surface area contributed by atoms with E-state index < -0.39 is 5.85 Å². The largest absolute Gasteiger partial charge is 0.377 e. The molecule has 1 saturated heterocycles. The Morgan fingerprint density at radius 1 is 1.57 bits per heavy atom. The second-order valence-electron chi connectivity index (χ2n) is 4.15. The van der Waals surface area contributed by atoms with E-state index in [1.807, 2.05) is 18.7 Å². The maximum atomic E-state index is 13.4. The van der Waals surface area contributed by atoms with Gasteiger partial charge in [0, 0.05) is 13.1 Å². The Bertz CT molecular complexity index is 174. The van der Waals surface area contributed by atoms with Gasteiger partial charge in [-0.3, -0.25) is 4.90 Å². The fourth-order valence-corrected chi connectivity index (χ4v) is 1.52. The van der Waals surface area contributed by atoms with Crippen molar-refractivity contribution in [1.82, 2.24) is 4.90 Å². The summed E-state index contributed by atoms with van der Waals surface area (Å²) in [6.45, 7) is 8.51. The van der Waals surface area contributed by atoms with Gasteiger partial charge in [0.05, 0.1) is 25.9 Å². The van der Waals surface area contributed by atoms with Crippen LogP contribution in [-0.4, -0.2) is 49.7 Å². The number of halogens is 1. The molecule has 0 aliphatic carbocycles. The first-order valence-corrected chi connectivity index (χ1v) is 5.16. The van der Waals surface area contributed by atoms with Gasteiger partial charge in [-0.15, -0.1) is 0 Å². The van der Waals surface area contributed by atoms with Gasteiger partial charge in [-0.2, -0.15) is 0 Å². The fourth-order valence-electron chi connectivity index (χ4n) is 1.52. The van der Waals surface area contributed by atoms with Crippen LogP contribution in [0.5, 0.6) is 0 Å². The molecular formula is C10H20FNO2. The Balaban J connectivity index is 2.18. The van der Waals surface area contributed by atoms with Crippen molar-refractivity contribution in [2.75, 3.05) is 32.8 Å². The number of ether oxygens (including phenoxy) is 2. The van der Waals surface area contributed by atoms with Crippen molar-refractivity contribution in [3.05, 3.63) is 0 Å². The van der Waals surface area contributed by atoms with Crippen molar-refractivity contribution in [2.45, 2.75) is 32.7 Å². The molecule has 0 aromatic heterocycles. The lowest BCUT2D eigenvalue weighted by Gasteiger charge is -2.35. The highest BCUT2D eigenvalue weighted by Gasteiger charge is 2.31. The van der Waals surface area contributed by atoms with Crippen LogP contribution in [0.2, 0.25) is 0 Å². The number of nitrogens with zero attached hydrogens (tertiary/aromatic N) is 1. The van der Waals surface area contributed by atoms with Gasteiger partial charge in [0.1, 0.15) is 0 Å². The van der Waals surface area contributed by atoms with Crippen molar-refractivity contribution >= 4 is 0 Å². The molecule has 3 nitrogen and oxygen atoms in total. The molecular weight excluding hydrogens is 185 g/mol. The molecule has 4 heteroatoms. The second kappa shape index (κ2) is 5.05. The van der Waals surface area contributed by atoms with Crippen LogP contribution in [-0.2, 0) is 9.47 Å². The van der Waals surface area contributed by atoms with Crippen LogP contribution < -0.4 is 0 Å². The summed E-state index contributed by atoms with van der Waals surface area (Å²) in [5.74, 6) is -1.49. The molecule has 1 atom stereocenters. The Morgan fingerprint density at radius 3 is 2.86 bits per heavy atom. The summed E-state index contributed by atoms with van der Waals surface area (Å²) in [7, 11) is 0. The van der Waals surface area contributed by atoms with Gasteiger partial charge in [0.2, 0.25) is 5.85 Å². The average Bonchev–Trinajstić information content (AvgIpc) is 2.01. The zero-order valence-corrected chi connectivity index (χ0v) is 9.25. The number of hydrogen-bond donors (Lipinski definition) is 0. The monoisotopic (exact) mass is 205 g/mol. The van der Waals surface area contributed by atoms with Gasteiger partial charge in [0.15, 0.2) is 0 Å². The van der Waals surface area contributed by atoms with E-state index in [1.165, 1.54) is 6.92 Å². The lowest BCUT2D eigenvalue weighted by molar-refractivity contribution is -0.179. The summed E-state index contributed by atoms with van der Waals surface area (Å²) < 4.78 is 23.8. The van der Waals surface area contributed by atoms with Crippen LogP contribution in [0.3, 0.4) is 0 Å². The van der Waals surface area contributed by atoms with Gasteiger partial charge < -0.3 is 9.47 Å². The molecule has 1 aliphatic heterocycles. The molecule has 0 radical (unpaired) electrons. The van der Waals surface area contributed by atoms with Crippen LogP contribution in [0.25, 0.3) is 0 Å². The Hall–Kier alpha value is -0.190. The van der Waals surface area contributed by atoms with Crippen molar-refractivity contribution < 1.29 is 13.9 Å². The van der Waals surface area contributed by atoms with Crippen LogP contribution in [0, 0.1) is 0 Å². The molecule has 1 unspecified atom stereocenters. The number of morpholine rings is 1. The van der Waals surface area contributed by atoms with Gasteiger partial charge in [-0.05, 0) is 20.8 Å². The van der Waals surface area contributed by atoms with E-state index in [1.54, 1.807) is 0 Å². The summed E-state index contributed by atoms with van der Waals surface area (Å²) in [5, 5.41) is 0. The molecule has 1 fully saturated rings. The minimum Gasteiger partial charge on any atom is -0.377 e. The molecule has 0 aromatic rings. The molecule has 0 N–H and O–H groups in total. The Morgan fingerprint density at radius 2 is 2.29 bits per heavy atom. The zero-order chi connectivity index (χ0) is 10.6. The Kier molecular flexibility index (Phi) is 4.29. The molecule has 0 saturated carbocycles. The zero-order valence-electron chi connectivity index (χ0n) is 9.25. The molecule has 0 aromatic carbocycles. The molecule has 0 bridgehead atoms. The SMILES string of the molecule is CC(C)OCCN1CCOC(C)(F)C1. The summed E-state index contributed by atoms with van der Waals surface area (Å²) in [6, 6.07) is 0. The van der Waals surface area contributed by atoms with Crippen LogP contribution in [0.4, 0.5) is 4.39 Å². The van der Waals surface area contributed by atoms with Crippen LogP contribution in [0.1, 0.15) is 20.8 Å². The molecule has 1 heterocycles. The topological polar surface area (TPSA) is 21.7 Å². The predicted molar refractivity (Wildman–Crippen MR) is 53.0 cm³/mol. The van der Waals surface area contributed by atoms with Gasteiger partial charge >= 0.3 is 0 Å². The van der Waals surface area contributed by atoms with Crippen molar-refractivity contribution in [2.24, 2.45) is 0 Å². The minimum absolute atomic E-state index is 0.243. The summed E-state index contributed by atoms with van der Waals surface area (Å²) in [5.41, 5.74) is 0. The minimum atomic E-state index is -1.49. The predicted octanol–water partition coefficient (Wildman–Crippen LogP) is 1.43.